The molecule has 136 valence electrons. The lowest BCUT2D eigenvalue weighted by Crippen LogP contribution is -2.61. The fourth-order valence-electron chi connectivity index (χ4n) is 3.52. The highest BCUT2D eigenvalue weighted by atomic mass is 16.6. The van der Waals surface area contributed by atoms with Gasteiger partial charge in [-0.05, 0) is 52.4 Å². The average Bonchev–Trinajstić information content (AvgIpc) is 2.52. The lowest BCUT2D eigenvalue weighted by atomic mass is 9.77. The van der Waals surface area contributed by atoms with Crippen molar-refractivity contribution in [1.82, 2.24) is 10.2 Å². The zero-order chi connectivity index (χ0) is 17.9. The lowest BCUT2D eigenvalue weighted by molar-refractivity contribution is -0.147. The van der Waals surface area contributed by atoms with E-state index in [-0.39, 0.29) is 23.7 Å². The van der Waals surface area contributed by atoms with Gasteiger partial charge >= 0.3 is 12.1 Å². The average molecular weight is 340 g/mol. The molecule has 0 radical (unpaired) electrons. The number of carbonyl (C=O) groups excluding carboxylic acids is 3. The SMILES string of the molecule is COC(=O)C1CCC(C2C(=O)NCCN2C(=O)OC(C)(C)C)CC1. The molecular weight excluding hydrogens is 312 g/mol. The molecule has 2 aliphatic rings. The van der Waals surface area contributed by atoms with Crippen LogP contribution in [0.5, 0.6) is 0 Å². The predicted octanol–water partition coefficient (Wildman–Crippen LogP) is 1.70. The third-order valence-electron chi connectivity index (χ3n) is 4.64. The first-order chi connectivity index (χ1) is 11.2. The zero-order valence-corrected chi connectivity index (χ0v) is 15.0. The van der Waals surface area contributed by atoms with E-state index in [1.54, 1.807) is 4.90 Å². The number of methoxy groups -OCH3 is 1. The van der Waals surface area contributed by atoms with E-state index >= 15 is 0 Å². The van der Waals surface area contributed by atoms with Gasteiger partial charge in [-0.1, -0.05) is 0 Å². The molecule has 1 atom stereocenters. The summed E-state index contributed by atoms with van der Waals surface area (Å²) in [6.45, 7) is 6.32. The Morgan fingerprint density at radius 1 is 1.17 bits per heavy atom. The second kappa shape index (κ2) is 7.40. The summed E-state index contributed by atoms with van der Waals surface area (Å²) in [5.41, 5.74) is -0.599. The molecule has 24 heavy (non-hydrogen) atoms. The normalized spacial score (nSPS) is 28.1. The van der Waals surface area contributed by atoms with Crippen molar-refractivity contribution in [2.45, 2.75) is 58.1 Å². The van der Waals surface area contributed by atoms with Crippen molar-refractivity contribution >= 4 is 18.0 Å². The highest BCUT2D eigenvalue weighted by molar-refractivity contribution is 5.87. The number of hydrogen-bond acceptors (Lipinski definition) is 5. The minimum Gasteiger partial charge on any atom is -0.469 e. The highest BCUT2D eigenvalue weighted by Crippen LogP contribution is 2.34. The molecule has 2 amide bonds. The van der Waals surface area contributed by atoms with E-state index < -0.39 is 17.7 Å². The van der Waals surface area contributed by atoms with Gasteiger partial charge in [0, 0.05) is 13.1 Å². The molecule has 1 saturated carbocycles. The Balaban J connectivity index is 2.06. The molecule has 0 aromatic rings. The molecule has 0 spiro atoms. The van der Waals surface area contributed by atoms with E-state index in [1.807, 2.05) is 20.8 Å². The van der Waals surface area contributed by atoms with Gasteiger partial charge in [0.25, 0.3) is 0 Å². The fourth-order valence-corrected chi connectivity index (χ4v) is 3.52. The first-order valence-electron chi connectivity index (χ1n) is 8.58. The lowest BCUT2D eigenvalue weighted by Gasteiger charge is -2.41. The van der Waals surface area contributed by atoms with Crippen LogP contribution in [0, 0.1) is 11.8 Å². The Morgan fingerprint density at radius 3 is 2.33 bits per heavy atom. The summed E-state index contributed by atoms with van der Waals surface area (Å²) in [5.74, 6) is -0.384. The number of piperazine rings is 1. The molecule has 1 saturated heterocycles. The van der Waals surface area contributed by atoms with Crippen LogP contribution in [0.1, 0.15) is 46.5 Å². The van der Waals surface area contributed by atoms with Crippen LogP contribution in [0.25, 0.3) is 0 Å². The number of ether oxygens (including phenoxy) is 2. The summed E-state index contributed by atoms with van der Waals surface area (Å²) in [6.07, 6.45) is 2.36. The number of amides is 2. The maximum Gasteiger partial charge on any atom is 0.411 e. The quantitative estimate of drug-likeness (QED) is 0.774. The van der Waals surface area contributed by atoms with E-state index in [0.29, 0.717) is 25.9 Å². The second-order valence-corrected chi connectivity index (χ2v) is 7.54. The standard InChI is InChI=1S/C17H28N2O5/c1-17(2,3)24-16(22)19-10-9-18-14(20)13(19)11-5-7-12(8-6-11)15(21)23-4/h11-13H,5-10H2,1-4H3,(H,18,20). The van der Waals surface area contributed by atoms with E-state index in [2.05, 4.69) is 5.32 Å². The van der Waals surface area contributed by atoms with Crippen LogP contribution in [0.4, 0.5) is 4.79 Å². The number of hydrogen-bond donors (Lipinski definition) is 1. The summed E-state index contributed by atoms with van der Waals surface area (Å²) in [6, 6.07) is -0.521. The Kier molecular flexibility index (Phi) is 5.72. The molecule has 0 bridgehead atoms. The van der Waals surface area contributed by atoms with E-state index in [1.165, 1.54) is 7.11 Å². The van der Waals surface area contributed by atoms with Crippen LogP contribution >= 0.6 is 0 Å². The minimum atomic E-state index is -0.599. The monoisotopic (exact) mass is 340 g/mol. The number of nitrogens with one attached hydrogen (secondary N) is 1. The first-order valence-corrected chi connectivity index (χ1v) is 8.58. The van der Waals surface area contributed by atoms with Crippen molar-refractivity contribution in [3.05, 3.63) is 0 Å². The van der Waals surface area contributed by atoms with E-state index in [0.717, 1.165) is 12.8 Å². The maximum atomic E-state index is 12.5. The molecule has 1 aliphatic heterocycles. The number of rotatable bonds is 2. The van der Waals surface area contributed by atoms with Crippen LogP contribution in [0.2, 0.25) is 0 Å². The molecular formula is C17H28N2O5. The van der Waals surface area contributed by atoms with Crippen LogP contribution in [0.15, 0.2) is 0 Å². The number of nitrogens with zero attached hydrogens (tertiary/aromatic N) is 1. The van der Waals surface area contributed by atoms with Crippen molar-refractivity contribution < 1.29 is 23.9 Å². The van der Waals surface area contributed by atoms with E-state index in [4.69, 9.17) is 9.47 Å². The van der Waals surface area contributed by atoms with Crippen molar-refractivity contribution in [2.24, 2.45) is 11.8 Å². The molecule has 0 aromatic carbocycles. The highest BCUT2D eigenvalue weighted by Gasteiger charge is 2.42. The van der Waals surface area contributed by atoms with E-state index in [9.17, 15) is 14.4 Å². The third-order valence-corrected chi connectivity index (χ3v) is 4.64. The van der Waals surface area contributed by atoms with Gasteiger partial charge in [0.1, 0.15) is 11.6 Å². The zero-order valence-electron chi connectivity index (χ0n) is 15.0. The van der Waals surface area contributed by atoms with Gasteiger partial charge in [0.15, 0.2) is 0 Å². The predicted molar refractivity (Wildman–Crippen MR) is 87.2 cm³/mol. The van der Waals surface area contributed by atoms with Gasteiger partial charge in [-0.25, -0.2) is 4.79 Å². The topological polar surface area (TPSA) is 84.9 Å². The Morgan fingerprint density at radius 2 is 1.79 bits per heavy atom. The van der Waals surface area contributed by atoms with Crippen molar-refractivity contribution in [3.63, 3.8) is 0 Å². The summed E-state index contributed by atoms with van der Waals surface area (Å²) in [7, 11) is 1.40. The van der Waals surface area contributed by atoms with Crippen molar-refractivity contribution in [3.8, 4) is 0 Å². The maximum absolute atomic E-state index is 12.5. The van der Waals surface area contributed by atoms with Gasteiger partial charge in [-0.3, -0.25) is 14.5 Å². The molecule has 2 rings (SSSR count). The number of esters is 1. The molecule has 1 aliphatic carbocycles. The molecule has 7 heteroatoms. The van der Waals surface area contributed by atoms with Crippen LogP contribution in [-0.2, 0) is 19.1 Å². The Hall–Kier alpha value is -1.79. The van der Waals surface area contributed by atoms with Gasteiger partial charge in [0.2, 0.25) is 5.91 Å². The minimum absolute atomic E-state index is 0.0405. The van der Waals surface area contributed by atoms with Crippen LogP contribution in [-0.4, -0.2) is 54.7 Å². The summed E-state index contributed by atoms with van der Waals surface area (Å²) >= 11 is 0. The molecule has 1 heterocycles. The molecule has 7 nitrogen and oxygen atoms in total. The van der Waals surface area contributed by atoms with Gasteiger partial charge in [-0.15, -0.1) is 0 Å². The van der Waals surface area contributed by atoms with Gasteiger partial charge < -0.3 is 14.8 Å². The molecule has 1 unspecified atom stereocenters. The largest absolute Gasteiger partial charge is 0.469 e. The fraction of sp³-hybridized carbons (Fsp3) is 0.824. The summed E-state index contributed by atoms with van der Waals surface area (Å²) in [5, 5.41) is 2.84. The molecule has 1 N–H and O–H groups in total. The van der Waals surface area contributed by atoms with Crippen LogP contribution < -0.4 is 5.32 Å². The number of carbonyl (C=O) groups is 3. The Bertz CT molecular complexity index is 492. The summed E-state index contributed by atoms with van der Waals surface area (Å²) < 4.78 is 10.3. The second-order valence-electron chi connectivity index (χ2n) is 7.54. The third kappa shape index (κ3) is 4.39. The molecule has 2 fully saturated rings. The van der Waals surface area contributed by atoms with Crippen LogP contribution in [0.3, 0.4) is 0 Å². The Labute approximate surface area is 143 Å². The first kappa shape index (κ1) is 18.5. The van der Waals surface area contributed by atoms with Gasteiger partial charge in [0.05, 0.1) is 13.0 Å². The summed E-state index contributed by atoms with van der Waals surface area (Å²) in [4.78, 5) is 38.1. The van der Waals surface area contributed by atoms with Crippen molar-refractivity contribution in [2.75, 3.05) is 20.2 Å². The van der Waals surface area contributed by atoms with Gasteiger partial charge in [-0.2, -0.15) is 0 Å². The molecule has 0 aromatic heterocycles. The van der Waals surface area contributed by atoms with Crippen molar-refractivity contribution in [1.29, 1.82) is 0 Å². The smallest absolute Gasteiger partial charge is 0.411 e.